The Labute approximate surface area is 145 Å². The van der Waals surface area contributed by atoms with Crippen LogP contribution in [-0.2, 0) is 0 Å². The molecule has 4 rings (SSSR count). The van der Waals surface area contributed by atoms with E-state index in [1.165, 1.54) is 4.90 Å². The molecule has 2 aromatic rings. The number of anilines is 1. The molecule has 0 atom stereocenters. The topological polar surface area (TPSA) is 85.4 Å². The molecule has 1 saturated heterocycles. The zero-order chi connectivity index (χ0) is 18.6. The fourth-order valence-electron chi connectivity index (χ4n) is 3.48. The van der Waals surface area contributed by atoms with E-state index in [1.54, 1.807) is 0 Å². The zero-order valence-electron chi connectivity index (χ0n) is 13.7. The maximum Gasteiger partial charge on any atom is 0.341 e. The van der Waals surface area contributed by atoms with Gasteiger partial charge in [-0.1, -0.05) is 0 Å². The molecule has 9 heteroatoms. The van der Waals surface area contributed by atoms with E-state index in [0.29, 0.717) is 25.9 Å². The molecule has 6 nitrogen and oxygen atoms in total. The highest BCUT2D eigenvalue weighted by Gasteiger charge is 2.35. The number of fused-ring (bicyclic) bond motifs is 1. The van der Waals surface area contributed by atoms with E-state index in [2.05, 4.69) is 10.3 Å². The number of carboxylic acid groups (broad SMARTS) is 1. The summed E-state index contributed by atoms with van der Waals surface area (Å²) < 4.78 is 44.3. The standard InChI is InChI=1S/C17H16F3N3O3/c18-10-8-14(12(20)15(11(10)19)23-5-3-21-4-6-23)22-13(7-1-2-7)9(16(8)24)17(25)26/h7,21H,1-6H2,(H,22,24)(H,25,26). The van der Waals surface area contributed by atoms with Crippen molar-refractivity contribution in [2.45, 2.75) is 18.8 Å². The number of nitrogens with zero attached hydrogens (tertiary/aromatic N) is 1. The SMILES string of the molecule is O=C(O)c1c(C2CC2)[nH]c2c(F)c(N3CCNCC3)c(F)c(F)c2c1=O. The largest absolute Gasteiger partial charge is 0.477 e. The number of hydrogen-bond donors (Lipinski definition) is 3. The third-order valence-corrected chi connectivity index (χ3v) is 4.91. The Morgan fingerprint density at radius 1 is 1.08 bits per heavy atom. The summed E-state index contributed by atoms with van der Waals surface area (Å²) in [5.74, 6) is -5.83. The van der Waals surface area contributed by atoms with Crippen molar-refractivity contribution < 1.29 is 23.1 Å². The number of piperazine rings is 1. The lowest BCUT2D eigenvalue weighted by atomic mass is 10.0. The Bertz CT molecular complexity index is 979. The summed E-state index contributed by atoms with van der Waals surface area (Å²) in [4.78, 5) is 28.0. The van der Waals surface area contributed by atoms with Gasteiger partial charge in [-0.05, 0) is 12.8 Å². The molecule has 2 aliphatic rings. The second-order valence-corrected chi connectivity index (χ2v) is 6.60. The van der Waals surface area contributed by atoms with Gasteiger partial charge >= 0.3 is 5.97 Å². The van der Waals surface area contributed by atoms with Crippen molar-refractivity contribution in [3.63, 3.8) is 0 Å². The van der Waals surface area contributed by atoms with Crippen LogP contribution in [0, 0.1) is 17.5 Å². The fraction of sp³-hybridized carbons (Fsp3) is 0.412. The first-order valence-corrected chi connectivity index (χ1v) is 8.37. The van der Waals surface area contributed by atoms with Gasteiger partial charge in [-0.15, -0.1) is 0 Å². The number of benzene rings is 1. The molecule has 138 valence electrons. The van der Waals surface area contributed by atoms with Crippen LogP contribution in [-0.4, -0.2) is 42.2 Å². The Morgan fingerprint density at radius 3 is 2.31 bits per heavy atom. The van der Waals surface area contributed by atoms with Gasteiger partial charge in [0.15, 0.2) is 17.5 Å². The third kappa shape index (κ3) is 2.45. The lowest BCUT2D eigenvalue weighted by Crippen LogP contribution is -2.44. The van der Waals surface area contributed by atoms with Gasteiger partial charge < -0.3 is 20.3 Å². The van der Waals surface area contributed by atoms with Crippen molar-refractivity contribution in [2.24, 2.45) is 0 Å². The second-order valence-electron chi connectivity index (χ2n) is 6.60. The molecule has 1 aliphatic carbocycles. The van der Waals surface area contributed by atoms with Crippen molar-refractivity contribution in [1.29, 1.82) is 0 Å². The molecule has 0 unspecified atom stereocenters. The van der Waals surface area contributed by atoms with Gasteiger partial charge in [-0.3, -0.25) is 4.79 Å². The molecule has 1 aliphatic heterocycles. The number of aromatic nitrogens is 1. The molecule has 1 saturated carbocycles. The first-order chi connectivity index (χ1) is 12.4. The van der Waals surface area contributed by atoms with Crippen LogP contribution in [0.2, 0.25) is 0 Å². The Hall–Kier alpha value is -2.55. The van der Waals surface area contributed by atoms with Crippen LogP contribution in [0.15, 0.2) is 4.79 Å². The van der Waals surface area contributed by atoms with E-state index in [1.807, 2.05) is 0 Å². The Morgan fingerprint density at radius 2 is 1.73 bits per heavy atom. The molecule has 3 N–H and O–H groups in total. The molecular formula is C17H16F3N3O3. The normalized spacial score (nSPS) is 17.7. The Balaban J connectivity index is 2.05. The van der Waals surface area contributed by atoms with Crippen LogP contribution in [0.4, 0.5) is 18.9 Å². The maximum absolute atomic E-state index is 15.1. The van der Waals surface area contributed by atoms with Crippen LogP contribution >= 0.6 is 0 Å². The van der Waals surface area contributed by atoms with Crippen LogP contribution in [0.25, 0.3) is 10.9 Å². The molecule has 26 heavy (non-hydrogen) atoms. The number of nitrogens with one attached hydrogen (secondary N) is 2. The minimum absolute atomic E-state index is 0.0752. The third-order valence-electron chi connectivity index (χ3n) is 4.91. The van der Waals surface area contributed by atoms with Gasteiger partial charge in [-0.25, -0.2) is 18.0 Å². The average molecular weight is 367 g/mol. The molecule has 0 bridgehead atoms. The van der Waals surface area contributed by atoms with Crippen LogP contribution in [0.1, 0.15) is 34.8 Å². The summed E-state index contributed by atoms with van der Waals surface area (Å²) in [6, 6.07) is 0. The quantitative estimate of drug-likeness (QED) is 0.722. The molecule has 2 fully saturated rings. The van der Waals surface area contributed by atoms with Crippen LogP contribution in [0.5, 0.6) is 0 Å². The summed E-state index contributed by atoms with van der Waals surface area (Å²) >= 11 is 0. The van der Waals surface area contributed by atoms with E-state index >= 15 is 4.39 Å². The van der Waals surface area contributed by atoms with Crippen molar-refractivity contribution in [3.8, 4) is 0 Å². The number of H-pyrrole nitrogens is 1. The van der Waals surface area contributed by atoms with E-state index < -0.39 is 51.0 Å². The highest BCUT2D eigenvalue weighted by molar-refractivity contribution is 5.95. The van der Waals surface area contributed by atoms with E-state index in [9.17, 15) is 23.5 Å². The number of rotatable bonds is 3. The predicted octanol–water partition coefficient (Wildman–Crippen LogP) is 1.93. The van der Waals surface area contributed by atoms with Crippen LogP contribution in [0.3, 0.4) is 0 Å². The lowest BCUT2D eigenvalue weighted by molar-refractivity contribution is 0.0694. The monoisotopic (exact) mass is 367 g/mol. The summed E-state index contributed by atoms with van der Waals surface area (Å²) in [6.45, 7) is 1.54. The van der Waals surface area contributed by atoms with E-state index in [0.717, 1.165) is 0 Å². The number of pyridine rings is 1. The average Bonchev–Trinajstić information content (AvgIpc) is 3.45. The molecule has 0 amide bonds. The lowest BCUT2D eigenvalue weighted by Gasteiger charge is -2.30. The first kappa shape index (κ1) is 16.9. The fourth-order valence-corrected chi connectivity index (χ4v) is 3.48. The molecular weight excluding hydrogens is 351 g/mol. The van der Waals surface area contributed by atoms with Gasteiger partial charge in [0.05, 0.1) is 10.9 Å². The van der Waals surface area contributed by atoms with Gasteiger partial charge in [0.1, 0.15) is 11.3 Å². The smallest absolute Gasteiger partial charge is 0.341 e. The summed E-state index contributed by atoms with van der Waals surface area (Å²) in [7, 11) is 0. The van der Waals surface area contributed by atoms with Gasteiger partial charge in [0.25, 0.3) is 0 Å². The van der Waals surface area contributed by atoms with Gasteiger partial charge in [0.2, 0.25) is 5.43 Å². The van der Waals surface area contributed by atoms with Crippen LogP contribution < -0.4 is 15.6 Å². The number of carbonyl (C=O) groups is 1. The number of carboxylic acids is 1. The van der Waals surface area contributed by atoms with Gasteiger partial charge in [-0.2, -0.15) is 0 Å². The molecule has 0 radical (unpaired) electrons. The Kier molecular flexibility index (Phi) is 3.91. The number of hydrogen-bond acceptors (Lipinski definition) is 4. The number of aromatic amines is 1. The van der Waals surface area contributed by atoms with Crippen molar-refractivity contribution >= 4 is 22.6 Å². The molecule has 0 spiro atoms. The minimum atomic E-state index is -1.54. The van der Waals surface area contributed by atoms with Crippen molar-refractivity contribution in [2.75, 3.05) is 31.1 Å². The van der Waals surface area contributed by atoms with E-state index in [-0.39, 0.29) is 24.7 Å². The summed E-state index contributed by atoms with van der Waals surface area (Å²) in [6.07, 6.45) is 1.30. The first-order valence-electron chi connectivity index (χ1n) is 8.37. The molecule has 1 aromatic carbocycles. The number of halogens is 3. The summed E-state index contributed by atoms with van der Waals surface area (Å²) in [5, 5.41) is 11.5. The highest BCUT2D eigenvalue weighted by Crippen LogP contribution is 2.41. The second kappa shape index (κ2) is 6.01. The predicted molar refractivity (Wildman–Crippen MR) is 88.5 cm³/mol. The summed E-state index contributed by atoms with van der Waals surface area (Å²) in [5.41, 5.74) is -2.78. The van der Waals surface area contributed by atoms with Crippen molar-refractivity contribution in [1.82, 2.24) is 10.3 Å². The van der Waals surface area contributed by atoms with Gasteiger partial charge in [0, 0.05) is 37.8 Å². The molecule has 2 heterocycles. The number of aromatic carboxylic acids is 1. The van der Waals surface area contributed by atoms with Crippen molar-refractivity contribution in [3.05, 3.63) is 38.9 Å². The zero-order valence-corrected chi connectivity index (χ0v) is 13.7. The highest BCUT2D eigenvalue weighted by atomic mass is 19.2. The maximum atomic E-state index is 15.1. The molecule has 1 aromatic heterocycles. The van der Waals surface area contributed by atoms with E-state index in [4.69, 9.17) is 0 Å². The minimum Gasteiger partial charge on any atom is -0.477 e.